The van der Waals surface area contributed by atoms with Gasteiger partial charge >= 0.3 is 6.36 Å². The van der Waals surface area contributed by atoms with Crippen molar-refractivity contribution in [1.82, 2.24) is 20.5 Å². The fourth-order valence-corrected chi connectivity index (χ4v) is 4.38. The Morgan fingerprint density at radius 2 is 1.91 bits per heavy atom. The lowest BCUT2D eigenvalue weighted by molar-refractivity contribution is -0.274. The Morgan fingerprint density at radius 3 is 2.68 bits per heavy atom. The maximum Gasteiger partial charge on any atom is 0.573 e. The van der Waals surface area contributed by atoms with Gasteiger partial charge in [0, 0.05) is 0 Å². The third-order valence-corrected chi connectivity index (χ3v) is 6.15. The van der Waals surface area contributed by atoms with Crippen molar-refractivity contribution < 1.29 is 27.1 Å². The van der Waals surface area contributed by atoms with E-state index in [4.69, 9.17) is 10.2 Å². The van der Waals surface area contributed by atoms with E-state index in [9.17, 15) is 18.0 Å². The van der Waals surface area contributed by atoms with Crippen LogP contribution in [-0.4, -0.2) is 33.1 Å². The fourth-order valence-electron chi connectivity index (χ4n) is 3.38. The second-order valence-electron chi connectivity index (χ2n) is 8.01. The van der Waals surface area contributed by atoms with Crippen molar-refractivity contribution in [3.8, 4) is 16.9 Å². The molecule has 1 amide bonds. The highest BCUT2D eigenvalue weighted by Gasteiger charge is 2.39. The minimum absolute atomic E-state index is 0.0493. The van der Waals surface area contributed by atoms with Gasteiger partial charge in [0.1, 0.15) is 17.2 Å². The molecule has 12 heteroatoms. The molecule has 0 radical (unpaired) electrons. The monoisotopic (exact) mass is 489 g/mol. The zero-order valence-electron chi connectivity index (χ0n) is 17.6. The zero-order chi connectivity index (χ0) is 23.9. The van der Waals surface area contributed by atoms with Crippen LogP contribution in [0.4, 0.5) is 13.2 Å². The van der Waals surface area contributed by atoms with E-state index in [0.717, 1.165) is 33.6 Å². The summed E-state index contributed by atoms with van der Waals surface area (Å²) in [4.78, 5) is 16.6. The number of fused-ring (bicyclic) bond motifs is 1. The number of nitrogens with two attached hydrogens (primary N) is 1. The first-order valence-corrected chi connectivity index (χ1v) is 11.1. The number of hydrogen-bond donors (Lipinski definition) is 2. The molecular formula is C22H18F3N5O3S. The van der Waals surface area contributed by atoms with Gasteiger partial charge in [-0.15, -0.1) is 34.7 Å². The maximum absolute atomic E-state index is 12.5. The van der Waals surface area contributed by atoms with Gasteiger partial charge in [0.05, 0.1) is 22.3 Å². The summed E-state index contributed by atoms with van der Waals surface area (Å²) in [5.74, 6) is -0.0313. The van der Waals surface area contributed by atoms with E-state index in [0.29, 0.717) is 17.9 Å². The fraction of sp³-hybridized carbons (Fsp3) is 0.273. The van der Waals surface area contributed by atoms with Gasteiger partial charge in [0.25, 0.3) is 0 Å². The molecule has 1 saturated carbocycles. The molecular weight excluding hydrogens is 471 g/mol. The van der Waals surface area contributed by atoms with E-state index in [1.165, 1.54) is 29.5 Å². The number of nitrogens with zero attached hydrogens (tertiary/aromatic N) is 3. The number of thiazole rings is 1. The number of amides is 1. The van der Waals surface area contributed by atoms with E-state index in [1.54, 1.807) is 18.2 Å². The highest BCUT2D eigenvalue weighted by molar-refractivity contribution is 7.18. The van der Waals surface area contributed by atoms with E-state index in [2.05, 4.69) is 25.2 Å². The van der Waals surface area contributed by atoms with Gasteiger partial charge in [-0.2, -0.15) is 0 Å². The summed E-state index contributed by atoms with van der Waals surface area (Å²) >= 11 is 1.41. The van der Waals surface area contributed by atoms with Crippen LogP contribution in [0.3, 0.4) is 0 Å². The highest BCUT2D eigenvalue weighted by Crippen LogP contribution is 2.32. The molecule has 1 aliphatic carbocycles. The van der Waals surface area contributed by atoms with Crippen LogP contribution in [0.2, 0.25) is 0 Å². The van der Waals surface area contributed by atoms with Gasteiger partial charge in [0.2, 0.25) is 17.7 Å². The summed E-state index contributed by atoms with van der Waals surface area (Å²) in [5.41, 5.74) is 7.32. The lowest BCUT2D eigenvalue weighted by Crippen LogP contribution is -2.44. The van der Waals surface area contributed by atoms with Crippen molar-refractivity contribution in [2.45, 2.75) is 37.7 Å². The van der Waals surface area contributed by atoms with Crippen LogP contribution >= 0.6 is 11.3 Å². The maximum atomic E-state index is 12.5. The van der Waals surface area contributed by atoms with Gasteiger partial charge in [-0.1, -0.05) is 18.2 Å². The molecule has 2 heterocycles. The average molecular weight is 489 g/mol. The summed E-state index contributed by atoms with van der Waals surface area (Å²) in [5, 5.41) is 11.3. The Hall–Kier alpha value is -3.51. The number of aromatic nitrogens is 3. The molecule has 0 spiro atoms. The van der Waals surface area contributed by atoms with Crippen LogP contribution in [-0.2, 0) is 17.6 Å². The van der Waals surface area contributed by atoms with Crippen molar-refractivity contribution in [2.24, 2.45) is 5.73 Å². The topological polar surface area (TPSA) is 116 Å². The smallest absolute Gasteiger partial charge is 0.424 e. The predicted octanol–water partition coefficient (Wildman–Crippen LogP) is 3.94. The van der Waals surface area contributed by atoms with Gasteiger partial charge in [-0.25, -0.2) is 4.98 Å². The average Bonchev–Trinajstić information content (AvgIpc) is 3.14. The van der Waals surface area contributed by atoms with Crippen LogP contribution in [0.15, 0.2) is 46.9 Å². The molecule has 2 aromatic carbocycles. The summed E-state index contributed by atoms with van der Waals surface area (Å²) in [7, 11) is 0. The Morgan fingerprint density at radius 1 is 1.15 bits per heavy atom. The molecule has 1 aliphatic rings. The Balaban J connectivity index is 1.29. The van der Waals surface area contributed by atoms with Crippen molar-refractivity contribution in [3.63, 3.8) is 0 Å². The first kappa shape index (κ1) is 22.3. The van der Waals surface area contributed by atoms with Gasteiger partial charge in [-0.05, 0) is 48.2 Å². The van der Waals surface area contributed by atoms with Gasteiger partial charge in [-0.3, -0.25) is 4.79 Å². The molecule has 3 N–H and O–H groups in total. The van der Waals surface area contributed by atoms with Crippen molar-refractivity contribution in [2.75, 3.05) is 0 Å². The predicted molar refractivity (Wildman–Crippen MR) is 117 cm³/mol. The summed E-state index contributed by atoms with van der Waals surface area (Å²) in [6.07, 6.45) is -3.01. The number of carbonyl (C=O) groups is 1. The molecule has 0 bridgehead atoms. The molecule has 1 fully saturated rings. The lowest BCUT2D eigenvalue weighted by Gasteiger charge is -2.10. The molecule has 5 rings (SSSR count). The van der Waals surface area contributed by atoms with E-state index in [1.807, 2.05) is 6.07 Å². The number of alkyl halides is 3. The third-order valence-electron chi connectivity index (χ3n) is 5.13. The molecule has 0 unspecified atom stereocenters. The van der Waals surface area contributed by atoms with E-state index in [-0.39, 0.29) is 24.0 Å². The number of ether oxygens (including phenoxy) is 1. The standard InChI is InChI=1S/C22H18F3N5O3S/c23-22(24,25)33-14-3-1-2-12(8-14)13-4-5-15-16(9-13)34-20(27-15)11-19-30-29-18(32-19)10-17(31)28-21(26)6-7-21/h1-5,8-9H,6-7,10-11,26H2,(H,28,31). The molecule has 34 heavy (non-hydrogen) atoms. The minimum Gasteiger partial charge on any atom is -0.424 e. The first-order chi connectivity index (χ1) is 16.1. The van der Waals surface area contributed by atoms with Crippen LogP contribution in [0, 0.1) is 0 Å². The Labute approximate surface area is 194 Å². The number of nitrogens with one attached hydrogen (secondary N) is 1. The Bertz CT molecular complexity index is 1360. The highest BCUT2D eigenvalue weighted by atomic mass is 32.1. The number of halogens is 3. The van der Waals surface area contributed by atoms with E-state index >= 15 is 0 Å². The van der Waals surface area contributed by atoms with Gasteiger partial charge < -0.3 is 20.2 Å². The van der Waals surface area contributed by atoms with Crippen LogP contribution in [0.25, 0.3) is 21.3 Å². The Kier molecular flexibility index (Phi) is 5.48. The van der Waals surface area contributed by atoms with Crippen LogP contribution < -0.4 is 15.8 Å². The third kappa shape index (κ3) is 5.34. The summed E-state index contributed by atoms with van der Waals surface area (Å²) in [6, 6.07) is 11.2. The number of rotatable bonds is 7. The molecule has 2 aromatic heterocycles. The quantitative estimate of drug-likeness (QED) is 0.378. The summed E-state index contributed by atoms with van der Waals surface area (Å²) in [6.45, 7) is 0. The second kappa shape index (κ2) is 8.37. The minimum atomic E-state index is -4.75. The number of carbonyl (C=O) groups excluding carboxylic acids is 1. The SMILES string of the molecule is NC1(NC(=O)Cc2nnc(Cc3nc4ccc(-c5cccc(OC(F)(F)F)c5)cc4s3)o2)CC1. The molecule has 0 atom stereocenters. The molecule has 8 nitrogen and oxygen atoms in total. The lowest BCUT2D eigenvalue weighted by atomic mass is 10.1. The molecule has 176 valence electrons. The molecule has 0 saturated heterocycles. The van der Waals surface area contributed by atoms with Crippen LogP contribution in [0.5, 0.6) is 5.75 Å². The van der Waals surface area contributed by atoms with Gasteiger partial charge in [0.15, 0.2) is 0 Å². The van der Waals surface area contributed by atoms with Crippen LogP contribution in [0.1, 0.15) is 29.6 Å². The zero-order valence-corrected chi connectivity index (χ0v) is 18.4. The molecule has 4 aromatic rings. The number of benzene rings is 2. The van der Waals surface area contributed by atoms with Crippen molar-refractivity contribution in [3.05, 3.63) is 59.3 Å². The first-order valence-electron chi connectivity index (χ1n) is 10.3. The number of hydrogen-bond acceptors (Lipinski definition) is 8. The summed E-state index contributed by atoms with van der Waals surface area (Å²) < 4.78 is 48.0. The largest absolute Gasteiger partial charge is 0.573 e. The van der Waals surface area contributed by atoms with Crippen molar-refractivity contribution in [1.29, 1.82) is 0 Å². The second-order valence-corrected chi connectivity index (χ2v) is 9.13. The molecule has 0 aliphatic heterocycles. The normalized spacial score (nSPS) is 14.8. The van der Waals surface area contributed by atoms with Crippen molar-refractivity contribution >= 4 is 27.5 Å². The van der Waals surface area contributed by atoms with E-state index < -0.39 is 12.0 Å².